The first kappa shape index (κ1) is 19.1. The van der Waals surface area contributed by atoms with Crippen molar-refractivity contribution < 1.29 is 28.9 Å². The van der Waals surface area contributed by atoms with E-state index in [9.17, 15) is 9.59 Å². The zero-order valence-corrected chi connectivity index (χ0v) is 14.9. The second kappa shape index (κ2) is 8.75. The van der Waals surface area contributed by atoms with Crippen molar-refractivity contribution in [1.82, 2.24) is 5.32 Å². The number of methoxy groups -OCH3 is 3. The highest BCUT2D eigenvalue weighted by Gasteiger charge is 2.20. The van der Waals surface area contributed by atoms with E-state index in [-0.39, 0.29) is 11.5 Å². The van der Waals surface area contributed by atoms with Crippen molar-refractivity contribution in [2.45, 2.75) is 6.42 Å². The zero-order chi connectivity index (χ0) is 19.1. The second-order valence-electron chi connectivity index (χ2n) is 5.39. The molecule has 7 heteroatoms. The topological polar surface area (TPSA) is 94.1 Å². The SMILES string of the molecule is COc1ccc(C(=O)NCCc2ccc(C(=O)O)cc2)c(OC)c1OC. The van der Waals surface area contributed by atoms with E-state index < -0.39 is 5.97 Å². The Morgan fingerprint density at radius 2 is 1.58 bits per heavy atom. The molecule has 0 spiro atoms. The Morgan fingerprint density at radius 1 is 0.923 bits per heavy atom. The van der Waals surface area contributed by atoms with Crippen molar-refractivity contribution in [2.24, 2.45) is 0 Å². The second-order valence-corrected chi connectivity index (χ2v) is 5.39. The lowest BCUT2D eigenvalue weighted by Crippen LogP contribution is -2.26. The number of nitrogens with one attached hydrogen (secondary N) is 1. The summed E-state index contributed by atoms with van der Waals surface area (Å²) in [5.41, 5.74) is 1.49. The van der Waals surface area contributed by atoms with E-state index in [1.165, 1.54) is 33.5 Å². The van der Waals surface area contributed by atoms with E-state index in [0.717, 1.165) is 5.56 Å². The fourth-order valence-corrected chi connectivity index (χ4v) is 2.51. The van der Waals surface area contributed by atoms with Crippen LogP contribution in [0.5, 0.6) is 17.2 Å². The van der Waals surface area contributed by atoms with Crippen molar-refractivity contribution in [3.63, 3.8) is 0 Å². The number of carboxylic acids is 1. The molecular formula is C19H21NO6. The van der Waals surface area contributed by atoms with Gasteiger partial charge in [-0.1, -0.05) is 12.1 Å². The fraction of sp³-hybridized carbons (Fsp3) is 0.263. The summed E-state index contributed by atoms with van der Waals surface area (Å²) in [5, 5.41) is 11.7. The smallest absolute Gasteiger partial charge is 0.335 e. The number of amides is 1. The third-order valence-electron chi connectivity index (χ3n) is 3.85. The molecule has 0 aromatic heterocycles. The van der Waals surface area contributed by atoms with Crippen LogP contribution >= 0.6 is 0 Å². The summed E-state index contributed by atoms with van der Waals surface area (Å²) in [6.07, 6.45) is 0.571. The van der Waals surface area contributed by atoms with Crippen LogP contribution in [0.2, 0.25) is 0 Å². The third-order valence-corrected chi connectivity index (χ3v) is 3.85. The maximum absolute atomic E-state index is 12.5. The maximum Gasteiger partial charge on any atom is 0.335 e. The van der Waals surface area contributed by atoms with Crippen molar-refractivity contribution >= 4 is 11.9 Å². The van der Waals surface area contributed by atoms with E-state index in [0.29, 0.717) is 35.8 Å². The van der Waals surface area contributed by atoms with Gasteiger partial charge >= 0.3 is 5.97 Å². The first-order chi connectivity index (χ1) is 12.5. The largest absolute Gasteiger partial charge is 0.493 e. The molecule has 0 bridgehead atoms. The molecule has 0 aliphatic heterocycles. The highest BCUT2D eigenvalue weighted by molar-refractivity contribution is 5.98. The third kappa shape index (κ3) is 4.24. The maximum atomic E-state index is 12.5. The van der Waals surface area contributed by atoms with Crippen LogP contribution in [0.4, 0.5) is 0 Å². The van der Waals surface area contributed by atoms with Gasteiger partial charge in [-0.25, -0.2) is 4.79 Å². The summed E-state index contributed by atoms with van der Waals surface area (Å²) in [7, 11) is 4.44. The van der Waals surface area contributed by atoms with E-state index in [4.69, 9.17) is 19.3 Å². The Bertz CT molecular complexity index is 785. The standard InChI is InChI=1S/C19H21NO6/c1-24-15-9-8-14(16(25-2)17(15)26-3)18(21)20-11-10-12-4-6-13(7-5-12)19(22)23/h4-9H,10-11H2,1-3H3,(H,20,21)(H,22,23). The summed E-state index contributed by atoms with van der Waals surface area (Å²) in [4.78, 5) is 23.3. The van der Waals surface area contributed by atoms with Gasteiger partial charge in [-0.3, -0.25) is 4.79 Å². The molecule has 0 fully saturated rings. The van der Waals surface area contributed by atoms with Crippen molar-refractivity contribution in [3.8, 4) is 17.2 Å². The number of aromatic carboxylic acids is 1. The van der Waals surface area contributed by atoms with E-state index in [1.807, 2.05) is 0 Å². The molecule has 0 heterocycles. The lowest BCUT2D eigenvalue weighted by atomic mass is 10.1. The number of carboxylic acid groups (broad SMARTS) is 1. The van der Waals surface area contributed by atoms with Gasteiger partial charge in [0.2, 0.25) is 5.75 Å². The summed E-state index contributed by atoms with van der Waals surface area (Å²) >= 11 is 0. The normalized spacial score (nSPS) is 10.1. The quantitative estimate of drug-likeness (QED) is 0.752. The molecule has 0 aliphatic carbocycles. The van der Waals surface area contributed by atoms with E-state index >= 15 is 0 Å². The minimum atomic E-state index is -0.967. The van der Waals surface area contributed by atoms with Gasteiger partial charge in [-0.05, 0) is 36.2 Å². The number of hydrogen-bond acceptors (Lipinski definition) is 5. The monoisotopic (exact) mass is 359 g/mol. The Hall–Kier alpha value is -3.22. The van der Waals surface area contributed by atoms with Crippen LogP contribution in [0.3, 0.4) is 0 Å². The van der Waals surface area contributed by atoms with Crippen LogP contribution in [-0.2, 0) is 6.42 Å². The minimum Gasteiger partial charge on any atom is -0.493 e. The predicted octanol–water partition coefficient (Wildman–Crippen LogP) is 2.38. The molecule has 0 radical (unpaired) electrons. The van der Waals surface area contributed by atoms with Crippen LogP contribution in [0, 0.1) is 0 Å². The molecule has 138 valence electrons. The van der Waals surface area contributed by atoms with Gasteiger partial charge in [0.15, 0.2) is 11.5 Å². The number of carbonyl (C=O) groups excluding carboxylic acids is 1. The molecule has 0 saturated heterocycles. The van der Waals surface area contributed by atoms with Gasteiger partial charge in [0.25, 0.3) is 5.91 Å². The van der Waals surface area contributed by atoms with Gasteiger partial charge in [0.1, 0.15) is 0 Å². The first-order valence-corrected chi connectivity index (χ1v) is 7.91. The number of hydrogen-bond donors (Lipinski definition) is 2. The molecule has 2 rings (SSSR count). The van der Waals surface area contributed by atoms with Crippen molar-refractivity contribution in [1.29, 1.82) is 0 Å². The lowest BCUT2D eigenvalue weighted by molar-refractivity contribution is 0.0696. The number of carbonyl (C=O) groups is 2. The van der Waals surface area contributed by atoms with Crippen LogP contribution in [-0.4, -0.2) is 44.9 Å². The molecule has 0 atom stereocenters. The Balaban J connectivity index is 2.04. The van der Waals surface area contributed by atoms with E-state index in [1.54, 1.807) is 24.3 Å². The summed E-state index contributed by atoms with van der Waals surface area (Å²) in [6.45, 7) is 0.392. The highest BCUT2D eigenvalue weighted by atomic mass is 16.5. The number of ether oxygens (including phenoxy) is 3. The molecular weight excluding hydrogens is 338 g/mol. The van der Waals surface area contributed by atoms with Crippen LogP contribution in [0.1, 0.15) is 26.3 Å². The molecule has 2 aromatic rings. The molecule has 26 heavy (non-hydrogen) atoms. The number of benzene rings is 2. The van der Waals surface area contributed by atoms with Gasteiger partial charge in [-0.15, -0.1) is 0 Å². The Morgan fingerprint density at radius 3 is 2.12 bits per heavy atom. The van der Waals surface area contributed by atoms with Crippen molar-refractivity contribution in [2.75, 3.05) is 27.9 Å². The summed E-state index contributed by atoms with van der Waals surface area (Å²) < 4.78 is 15.8. The average molecular weight is 359 g/mol. The minimum absolute atomic E-state index is 0.229. The van der Waals surface area contributed by atoms with Gasteiger partial charge in [0.05, 0.1) is 32.5 Å². The molecule has 0 aliphatic rings. The fourth-order valence-electron chi connectivity index (χ4n) is 2.51. The molecule has 7 nitrogen and oxygen atoms in total. The van der Waals surface area contributed by atoms with E-state index in [2.05, 4.69) is 5.32 Å². The van der Waals surface area contributed by atoms with Crippen LogP contribution in [0.25, 0.3) is 0 Å². The predicted molar refractivity (Wildman–Crippen MR) is 95.5 cm³/mol. The average Bonchev–Trinajstić information content (AvgIpc) is 2.66. The Labute approximate surface area is 151 Å². The van der Waals surface area contributed by atoms with Gasteiger partial charge in [0, 0.05) is 6.54 Å². The zero-order valence-electron chi connectivity index (χ0n) is 14.9. The van der Waals surface area contributed by atoms with Gasteiger partial charge < -0.3 is 24.6 Å². The molecule has 2 N–H and O–H groups in total. The molecule has 1 amide bonds. The van der Waals surface area contributed by atoms with Gasteiger partial charge in [-0.2, -0.15) is 0 Å². The van der Waals surface area contributed by atoms with Crippen LogP contribution in [0.15, 0.2) is 36.4 Å². The number of rotatable bonds is 8. The summed E-state index contributed by atoms with van der Waals surface area (Å²) in [6, 6.07) is 9.78. The molecule has 0 saturated carbocycles. The molecule has 2 aromatic carbocycles. The summed E-state index contributed by atoms with van der Waals surface area (Å²) in [5.74, 6) is -0.142. The first-order valence-electron chi connectivity index (χ1n) is 7.91. The highest BCUT2D eigenvalue weighted by Crippen LogP contribution is 2.39. The Kier molecular flexibility index (Phi) is 6.43. The lowest BCUT2D eigenvalue weighted by Gasteiger charge is -2.15. The molecule has 0 unspecified atom stereocenters. The van der Waals surface area contributed by atoms with Crippen molar-refractivity contribution in [3.05, 3.63) is 53.1 Å². The van der Waals surface area contributed by atoms with Crippen LogP contribution < -0.4 is 19.5 Å².